The van der Waals surface area contributed by atoms with Gasteiger partial charge in [-0.25, -0.2) is 0 Å². The first kappa shape index (κ1) is 19.9. The Morgan fingerprint density at radius 3 is 1.39 bits per heavy atom. The van der Waals surface area contributed by atoms with Crippen LogP contribution in [0.1, 0.15) is 5.56 Å². The fourth-order valence-electron chi connectivity index (χ4n) is 2.90. The largest absolute Gasteiger partial charge is 0.430 e. The zero-order valence-electron chi connectivity index (χ0n) is 14.2. The Balaban J connectivity index is 2.00. The minimum Gasteiger partial charge on any atom is -0.369 e. The van der Waals surface area contributed by atoms with E-state index in [1.165, 1.54) is 0 Å². The summed E-state index contributed by atoms with van der Waals surface area (Å²) in [4.78, 5) is 0. The van der Waals surface area contributed by atoms with Crippen LogP contribution in [0.5, 0.6) is 0 Å². The minimum atomic E-state index is -5.90. The lowest BCUT2D eigenvalue weighted by atomic mass is 9.90. The summed E-state index contributed by atoms with van der Waals surface area (Å²) in [6, 6.07) is 19.9. The molecule has 146 valence electrons. The molecule has 3 rings (SSSR count). The van der Waals surface area contributed by atoms with Crippen LogP contribution in [-0.2, 0) is 5.60 Å². The molecule has 0 aromatic heterocycles. The smallest absolute Gasteiger partial charge is 0.369 e. The van der Waals surface area contributed by atoms with Crippen molar-refractivity contribution >= 4 is 0 Å². The van der Waals surface area contributed by atoms with E-state index < -0.39 is 23.5 Å². The van der Waals surface area contributed by atoms with Crippen LogP contribution in [0.2, 0.25) is 0 Å². The number of benzene rings is 3. The maximum absolute atomic E-state index is 13.0. The van der Waals surface area contributed by atoms with Crippen molar-refractivity contribution in [1.82, 2.24) is 0 Å². The van der Waals surface area contributed by atoms with Gasteiger partial charge in [-0.2, -0.15) is 26.3 Å². The third-order valence-corrected chi connectivity index (χ3v) is 4.43. The lowest BCUT2D eigenvalue weighted by Crippen LogP contribution is -2.53. The summed E-state index contributed by atoms with van der Waals surface area (Å²) in [5.74, 6) is 0. The van der Waals surface area contributed by atoms with Gasteiger partial charge in [-0.15, -0.1) is 0 Å². The standard InChI is InChI=1S/C21H14F6O/c22-20(23,24)19(28,21(25,26)27)18-11-9-15(10-12-18)17-8-4-7-16(13-17)14-5-2-1-3-6-14/h1-13,28H. The minimum absolute atomic E-state index is 0.424. The zero-order valence-corrected chi connectivity index (χ0v) is 14.2. The van der Waals surface area contributed by atoms with E-state index in [1.54, 1.807) is 18.2 Å². The van der Waals surface area contributed by atoms with Gasteiger partial charge in [0.05, 0.1) is 0 Å². The molecule has 1 N–H and O–H groups in total. The highest BCUT2D eigenvalue weighted by atomic mass is 19.4. The SMILES string of the molecule is OC(c1ccc(-c2cccc(-c3ccccc3)c2)cc1)(C(F)(F)F)C(F)(F)F. The lowest BCUT2D eigenvalue weighted by molar-refractivity contribution is -0.376. The number of hydrogen-bond acceptors (Lipinski definition) is 1. The predicted molar refractivity (Wildman–Crippen MR) is 93.3 cm³/mol. The number of alkyl halides is 6. The van der Waals surface area contributed by atoms with Gasteiger partial charge in [0.1, 0.15) is 0 Å². The molecule has 1 nitrogen and oxygen atoms in total. The van der Waals surface area contributed by atoms with Crippen molar-refractivity contribution < 1.29 is 31.4 Å². The van der Waals surface area contributed by atoms with Crippen LogP contribution in [0.25, 0.3) is 22.3 Å². The van der Waals surface area contributed by atoms with Crippen molar-refractivity contribution in [3.8, 4) is 22.3 Å². The highest BCUT2D eigenvalue weighted by molar-refractivity contribution is 5.73. The number of aliphatic hydroxyl groups is 1. The normalized spacial score (nSPS) is 12.8. The Labute approximate surface area is 156 Å². The summed E-state index contributed by atoms with van der Waals surface area (Å²) in [6.45, 7) is 0. The summed E-state index contributed by atoms with van der Waals surface area (Å²) >= 11 is 0. The molecule has 0 spiro atoms. The highest BCUT2D eigenvalue weighted by Crippen LogP contribution is 2.50. The molecular weight excluding hydrogens is 382 g/mol. The van der Waals surface area contributed by atoms with E-state index in [0.29, 0.717) is 23.3 Å². The van der Waals surface area contributed by atoms with Crippen molar-refractivity contribution in [3.63, 3.8) is 0 Å². The van der Waals surface area contributed by atoms with Crippen LogP contribution >= 0.6 is 0 Å². The van der Waals surface area contributed by atoms with Crippen LogP contribution in [0, 0.1) is 0 Å². The van der Waals surface area contributed by atoms with Crippen LogP contribution in [-0.4, -0.2) is 17.5 Å². The maximum atomic E-state index is 13.0. The molecule has 0 aliphatic carbocycles. The molecule has 0 aliphatic heterocycles. The number of hydrogen-bond donors (Lipinski definition) is 1. The van der Waals surface area contributed by atoms with Crippen LogP contribution in [0.15, 0.2) is 78.9 Å². The summed E-state index contributed by atoms with van der Waals surface area (Å²) < 4.78 is 77.9. The Morgan fingerprint density at radius 2 is 0.929 bits per heavy atom. The van der Waals surface area contributed by atoms with Gasteiger partial charge >= 0.3 is 12.4 Å². The first-order valence-corrected chi connectivity index (χ1v) is 8.16. The molecule has 0 unspecified atom stereocenters. The fraction of sp³-hybridized carbons (Fsp3) is 0.143. The van der Waals surface area contributed by atoms with Crippen molar-refractivity contribution in [2.75, 3.05) is 0 Å². The van der Waals surface area contributed by atoms with Gasteiger partial charge in [-0.1, -0.05) is 72.8 Å². The third kappa shape index (κ3) is 3.49. The molecule has 3 aromatic rings. The lowest BCUT2D eigenvalue weighted by Gasteiger charge is -2.32. The summed E-state index contributed by atoms with van der Waals surface area (Å²) in [5.41, 5.74) is -3.39. The van der Waals surface area contributed by atoms with E-state index in [4.69, 9.17) is 0 Å². The molecule has 0 fully saturated rings. The average Bonchev–Trinajstić information content (AvgIpc) is 2.66. The van der Waals surface area contributed by atoms with Gasteiger partial charge in [-0.05, 0) is 28.3 Å². The van der Waals surface area contributed by atoms with Crippen molar-refractivity contribution in [2.24, 2.45) is 0 Å². The van der Waals surface area contributed by atoms with Gasteiger partial charge in [0, 0.05) is 5.56 Å². The molecule has 28 heavy (non-hydrogen) atoms. The van der Waals surface area contributed by atoms with E-state index in [9.17, 15) is 31.4 Å². The third-order valence-electron chi connectivity index (χ3n) is 4.43. The van der Waals surface area contributed by atoms with E-state index >= 15 is 0 Å². The molecule has 0 amide bonds. The first-order chi connectivity index (χ1) is 13.0. The second kappa shape index (κ2) is 6.98. The van der Waals surface area contributed by atoms with Gasteiger partial charge in [0.2, 0.25) is 0 Å². The molecule has 0 saturated carbocycles. The van der Waals surface area contributed by atoms with Crippen LogP contribution in [0.3, 0.4) is 0 Å². The molecule has 0 heterocycles. The molecular formula is C21H14F6O. The average molecular weight is 396 g/mol. The van der Waals surface area contributed by atoms with Crippen molar-refractivity contribution in [3.05, 3.63) is 84.4 Å². The van der Waals surface area contributed by atoms with E-state index in [-0.39, 0.29) is 0 Å². The van der Waals surface area contributed by atoms with E-state index in [1.807, 2.05) is 36.4 Å². The Morgan fingerprint density at radius 1 is 0.500 bits per heavy atom. The van der Waals surface area contributed by atoms with Gasteiger partial charge < -0.3 is 5.11 Å². The van der Waals surface area contributed by atoms with Crippen LogP contribution in [0.4, 0.5) is 26.3 Å². The van der Waals surface area contributed by atoms with Gasteiger partial charge in [0.25, 0.3) is 5.60 Å². The van der Waals surface area contributed by atoms with Crippen molar-refractivity contribution in [1.29, 1.82) is 0 Å². The summed E-state index contributed by atoms with van der Waals surface area (Å²) in [5, 5.41) is 9.46. The Kier molecular flexibility index (Phi) is 4.97. The Bertz CT molecular complexity index is 929. The monoisotopic (exact) mass is 396 g/mol. The highest BCUT2D eigenvalue weighted by Gasteiger charge is 2.71. The van der Waals surface area contributed by atoms with Crippen LogP contribution < -0.4 is 0 Å². The maximum Gasteiger partial charge on any atom is 0.430 e. The van der Waals surface area contributed by atoms with Gasteiger partial charge in [-0.3, -0.25) is 0 Å². The quantitative estimate of drug-likeness (QED) is 0.513. The summed E-state index contributed by atoms with van der Waals surface area (Å²) in [6.07, 6.45) is -11.8. The molecule has 7 heteroatoms. The number of halogens is 6. The van der Waals surface area contributed by atoms with E-state index in [2.05, 4.69) is 0 Å². The fourth-order valence-corrected chi connectivity index (χ4v) is 2.90. The zero-order chi connectivity index (χ0) is 20.6. The molecule has 0 radical (unpaired) electrons. The molecule has 0 atom stereocenters. The number of rotatable bonds is 3. The van der Waals surface area contributed by atoms with E-state index in [0.717, 1.165) is 23.3 Å². The Hall–Kier alpha value is -2.80. The van der Waals surface area contributed by atoms with Crippen molar-refractivity contribution in [2.45, 2.75) is 18.0 Å². The molecule has 3 aromatic carbocycles. The molecule has 0 saturated heterocycles. The topological polar surface area (TPSA) is 20.2 Å². The second-order valence-electron chi connectivity index (χ2n) is 6.23. The molecule has 0 bridgehead atoms. The summed E-state index contributed by atoms with van der Waals surface area (Å²) in [7, 11) is 0. The van der Waals surface area contributed by atoms with Gasteiger partial charge in [0.15, 0.2) is 0 Å². The molecule has 0 aliphatic rings. The first-order valence-electron chi connectivity index (χ1n) is 8.16. The second-order valence-corrected chi connectivity index (χ2v) is 6.23. The predicted octanol–water partition coefficient (Wildman–Crippen LogP) is 6.33.